The van der Waals surface area contributed by atoms with Crippen LogP contribution >= 0.6 is 0 Å². The molecule has 3 heterocycles. The van der Waals surface area contributed by atoms with Crippen LogP contribution in [0.25, 0.3) is 0 Å². The summed E-state index contributed by atoms with van der Waals surface area (Å²) in [6.45, 7) is 0. The molecule has 0 bridgehead atoms. The molecule has 2 aliphatic rings. The summed E-state index contributed by atoms with van der Waals surface area (Å²) in [7, 11) is 0. The number of carbonyl (C=O) groups excluding carboxylic acids is 1. The van der Waals surface area contributed by atoms with Crippen LogP contribution in [0.3, 0.4) is 0 Å². The summed E-state index contributed by atoms with van der Waals surface area (Å²) >= 11 is 0. The van der Waals surface area contributed by atoms with Gasteiger partial charge in [0.25, 0.3) is 5.91 Å². The highest BCUT2D eigenvalue weighted by Gasteiger charge is 2.46. The second-order valence-corrected chi connectivity index (χ2v) is 5.36. The summed E-state index contributed by atoms with van der Waals surface area (Å²) in [4.78, 5) is 16.7. The summed E-state index contributed by atoms with van der Waals surface area (Å²) in [5, 5.41) is 11.3. The first-order valence-electron chi connectivity index (χ1n) is 7.24. The second-order valence-electron chi connectivity index (χ2n) is 5.36. The molecule has 0 saturated heterocycles. The van der Waals surface area contributed by atoms with Gasteiger partial charge in [-0.3, -0.25) is 20.6 Å². The third kappa shape index (κ3) is 2.32. The molecule has 2 aromatic rings. The van der Waals surface area contributed by atoms with Gasteiger partial charge in [-0.15, -0.1) is 0 Å². The molecule has 3 N–H and O–H groups in total. The lowest BCUT2D eigenvalue weighted by Crippen LogP contribution is -2.65. The number of carbonyl (C=O) groups is 1. The van der Waals surface area contributed by atoms with Gasteiger partial charge in [-0.1, -0.05) is 36.4 Å². The number of nitrogens with zero attached hydrogens (tertiary/aromatic N) is 3. The zero-order chi connectivity index (χ0) is 15.7. The van der Waals surface area contributed by atoms with Crippen LogP contribution in [0.1, 0.15) is 17.7 Å². The second kappa shape index (κ2) is 5.20. The third-order valence-electron chi connectivity index (χ3n) is 3.81. The van der Waals surface area contributed by atoms with Gasteiger partial charge in [-0.25, -0.2) is 0 Å². The maximum atomic E-state index is 12.6. The number of hydrogen-bond acceptors (Lipinski definition) is 6. The number of hydrogen-bond donors (Lipinski definition) is 3. The van der Waals surface area contributed by atoms with Crippen molar-refractivity contribution in [1.29, 1.82) is 0 Å². The molecular weight excluding hydrogens is 292 g/mol. The summed E-state index contributed by atoms with van der Waals surface area (Å²) in [6.07, 6.45) is 2.06. The Labute approximate surface area is 132 Å². The van der Waals surface area contributed by atoms with Gasteiger partial charge < -0.3 is 5.32 Å². The molecule has 1 amide bonds. The monoisotopic (exact) mass is 306 g/mol. The first kappa shape index (κ1) is 13.4. The van der Waals surface area contributed by atoms with E-state index in [1.807, 2.05) is 42.5 Å². The van der Waals surface area contributed by atoms with Crippen LogP contribution in [0.5, 0.6) is 0 Å². The van der Waals surface area contributed by atoms with Gasteiger partial charge in [-0.05, 0) is 17.7 Å². The van der Waals surface area contributed by atoms with Gasteiger partial charge in [0.05, 0.1) is 5.71 Å². The largest absolute Gasteiger partial charge is 0.304 e. The average molecular weight is 306 g/mol. The van der Waals surface area contributed by atoms with Gasteiger partial charge in [0, 0.05) is 12.6 Å². The number of amides is 1. The average Bonchev–Trinajstić information content (AvgIpc) is 3.04. The third-order valence-corrected chi connectivity index (χ3v) is 3.81. The molecule has 1 spiro atoms. The van der Waals surface area contributed by atoms with Gasteiger partial charge >= 0.3 is 0 Å². The van der Waals surface area contributed by atoms with E-state index in [9.17, 15) is 4.79 Å². The van der Waals surface area contributed by atoms with Crippen molar-refractivity contribution in [3.8, 4) is 0 Å². The van der Waals surface area contributed by atoms with E-state index in [2.05, 4.69) is 31.4 Å². The highest BCUT2D eigenvalue weighted by molar-refractivity contribution is 6.13. The van der Waals surface area contributed by atoms with Crippen LogP contribution in [0.15, 0.2) is 64.9 Å². The number of aromatic nitrogens is 1. The van der Waals surface area contributed by atoms with E-state index in [1.165, 1.54) is 0 Å². The lowest BCUT2D eigenvalue weighted by atomic mass is 9.99. The van der Waals surface area contributed by atoms with Crippen LogP contribution in [0, 0.1) is 0 Å². The van der Waals surface area contributed by atoms with E-state index >= 15 is 0 Å². The smallest absolute Gasteiger partial charge is 0.275 e. The predicted octanol–water partition coefficient (Wildman–Crippen LogP) is 0.556. The van der Waals surface area contributed by atoms with Crippen LogP contribution in [-0.4, -0.2) is 28.1 Å². The summed E-state index contributed by atoms with van der Waals surface area (Å²) in [6, 6.07) is 15.2. The first-order valence-corrected chi connectivity index (χ1v) is 7.24. The van der Waals surface area contributed by atoms with Crippen LogP contribution in [-0.2, 0) is 4.79 Å². The van der Waals surface area contributed by atoms with Crippen LogP contribution in [0.2, 0.25) is 0 Å². The zero-order valence-corrected chi connectivity index (χ0v) is 12.2. The minimum absolute atomic E-state index is 0.233. The van der Waals surface area contributed by atoms with E-state index in [-0.39, 0.29) is 5.91 Å². The van der Waals surface area contributed by atoms with Crippen molar-refractivity contribution in [2.75, 3.05) is 0 Å². The molecule has 1 aromatic carbocycles. The molecule has 4 rings (SSSR count). The maximum Gasteiger partial charge on any atom is 0.275 e. The minimum Gasteiger partial charge on any atom is -0.304 e. The Bertz CT molecular complexity index is 802. The fraction of sp³-hybridized carbons (Fsp3) is 0.125. The molecule has 7 nitrogen and oxygen atoms in total. The molecule has 7 heteroatoms. The fourth-order valence-electron chi connectivity index (χ4n) is 2.55. The highest BCUT2D eigenvalue weighted by atomic mass is 16.2. The number of nitrogens with one attached hydrogen (secondary N) is 3. The molecule has 1 atom stereocenters. The zero-order valence-electron chi connectivity index (χ0n) is 12.2. The van der Waals surface area contributed by atoms with E-state index in [1.54, 1.807) is 12.3 Å². The summed E-state index contributed by atoms with van der Waals surface area (Å²) in [5.41, 5.74) is 7.12. The quantitative estimate of drug-likeness (QED) is 0.756. The summed E-state index contributed by atoms with van der Waals surface area (Å²) < 4.78 is 0. The molecule has 1 aromatic heterocycles. The maximum absolute atomic E-state index is 12.6. The highest BCUT2D eigenvalue weighted by Crippen LogP contribution is 2.21. The first-order chi connectivity index (χ1) is 11.3. The topological polar surface area (TPSA) is 90.8 Å². The molecule has 0 fully saturated rings. The molecule has 0 aliphatic carbocycles. The van der Waals surface area contributed by atoms with Crippen molar-refractivity contribution in [1.82, 2.24) is 21.2 Å². The Morgan fingerprint density at radius 1 is 0.957 bits per heavy atom. The Morgan fingerprint density at radius 2 is 1.74 bits per heavy atom. The number of hydrazone groups is 2. The van der Waals surface area contributed by atoms with E-state index < -0.39 is 5.66 Å². The molecule has 0 unspecified atom stereocenters. The van der Waals surface area contributed by atoms with Gasteiger partial charge in [0.1, 0.15) is 5.69 Å². The van der Waals surface area contributed by atoms with E-state index in [0.29, 0.717) is 18.0 Å². The van der Waals surface area contributed by atoms with E-state index in [0.717, 1.165) is 11.3 Å². The van der Waals surface area contributed by atoms with Crippen LogP contribution < -0.4 is 16.2 Å². The van der Waals surface area contributed by atoms with Gasteiger partial charge in [-0.2, -0.15) is 10.2 Å². The van der Waals surface area contributed by atoms with Crippen molar-refractivity contribution in [2.24, 2.45) is 10.2 Å². The lowest BCUT2D eigenvalue weighted by Gasteiger charge is -2.31. The van der Waals surface area contributed by atoms with Gasteiger partial charge in [0.2, 0.25) is 5.66 Å². The van der Waals surface area contributed by atoms with Crippen LogP contribution in [0.4, 0.5) is 0 Å². The molecule has 0 radical (unpaired) electrons. The molecule has 114 valence electrons. The molecular formula is C16H14N6O. The van der Waals surface area contributed by atoms with Crippen molar-refractivity contribution in [3.05, 3.63) is 66.0 Å². The van der Waals surface area contributed by atoms with Crippen molar-refractivity contribution >= 4 is 17.5 Å². The van der Waals surface area contributed by atoms with Crippen molar-refractivity contribution in [3.63, 3.8) is 0 Å². The normalized spacial score (nSPS) is 22.7. The Morgan fingerprint density at radius 3 is 2.48 bits per heavy atom. The molecule has 2 aliphatic heterocycles. The lowest BCUT2D eigenvalue weighted by molar-refractivity contribution is -0.127. The standard InChI is InChI=1S/C16H14N6O/c23-15-16(10-13(19-21-16)11-6-2-1-3-7-11)22-20-14(18-15)12-8-4-5-9-17-12/h1-9,21-22H,10H2,(H,18,20,23)/t16-/m0/s1. The van der Waals surface area contributed by atoms with Gasteiger partial charge in [0.15, 0.2) is 5.84 Å². The number of amidine groups is 1. The predicted molar refractivity (Wildman–Crippen MR) is 85.5 cm³/mol. The Kier molecular flexibility index (Phi) is 3.04. The SMILES string of the molecule is O=C1NC(c2ccccn2)=NN[C@@]12CC(c1ccccc1)=NN2. The minimum atomic E-state index is -1.05. The Hall–Kier alpha value is -3.22. The molecule has 0 saturated carbocycles. The van der Waals surface area contributed by atoms with E-state index in [4.69, 9.17) is 0 Å². The summed E-state index contributed by atoms with van der Waals surface area (Å²) in [5.74, 6) is 0.166. The number of benzene rings is 1. The Balaban J connectivity index is 1.56. The number of pyridine rings is 1. The van der Waals surface area contributed by atoms with Crippen molar-refractivity contribution in [2.45, 2.75) is 12.1 Å². The molecule has 23 heavy (non-hydrogen) atoms. The fourth-order valence-corrected chi connectivity index (χ4v) is 2.55. The number of rotatable bonds is 2. The van der Waals surface area contributed by atoms with Crippen molar-refractivity contribution < 1.29 is 4.79 Å².